The SMILES string of the molecule is COc1ccccc1C(CNC(=O)c1cc(N)ccc1C)N1CCCCC1. The number of hydrogen-bond donors (Lipinski definition) is 2. The van der Waals surface area contributed by atoms with Crippen LogP contribution in [-0.4, -0.2) is 37.6 Å². The number of carbonyl (C=O) groups excluding carboxylic acids is 1. The van der Waals surface area contributed by atoms with E-state index in [1.165, 1.54) is 19.3 Å². The molecule has 0 aliphatic carbocycles. The molecule has 3 N–H and O–H groups in total. The lowest BCUT2D eigenvalue weighted by Gasteiger charge is -2.35. The Labute approximate surface area is 161 Å². The number of carbonyl (C=O) groups is 1. The molecule has 2 aromatic rings. The van der Waals surface area contributed by atoms with Crippen LogP contribution in [0, 0.1) is 6.92 Å². The third-order valence-electron chi connectivity index (χ3n) is 5.29. The molecule has 1 amide bonds. The average molecular weight is 367 g/mol. The molecule has 1 unspecified atom stereocenters. The van der Waals surface area contributed by atoms with Gasteiger partial charge in [0.25, 0.3) is 5.91 Å². The molecule has 5 nitrogen and oxygen atoms in total. The monoisotopic (exact) mass is 367 g/mol. The fourth-order valence-corrected chi connectivity index (χ4v) is 3.78. The number of rotatable bonds is 6. The second-order valence-corrected chi connectivity index (χ2v) is 7.14. The number of ether oxygens (including phenoxy) is 1. The summed E-state index contributed by atoms with van der Waals surface area (Å²) < 4.78 is 5.59. The third kappa shape index (κ3) is 4.61. The van der Waals surface area contributed by atoms with Gasteiger partial charge in [-0.2, -0.15) is 0 Å². The van der Waals surface area contributed by atoms with Gasteiger partial charge in [-0.3, -0.25) is 9.69 Å². The Morgan fingerprint density at radius 1 is 1.19 bits per heavy atom. The minimum Gasteiger partial charge on any atom is -0.496 e. The van der Waals surface area contributed by atoms with E-state index < -0.39 is 0 Å². The van der Waals surface area contributed by atoms with E-state index in [9.17, 15) is 4.79 Å². The third-order valence-corrected chi connectivity index (χ3v) is 5.29. The number of aryl methyl sites for hydroxylation is 1. The quantitative estimate of drug-likeness (QED) is 0.767. The first-order valence-corrected chi connectivity index (χ1v) is 9.61. The van der Waals surface area contributed by atoms with Gasteiger partial charge in [-0.15, -0.1) is 0 Å². The highest BCUT2D eigenvalue weighted by molar-refractivity contribution is 5.96. The van der Waals surface area contributed by atoms with Crippen LogP contribution in [0.25, 0.3) is 0 Å². The zero-order chi connectivity index (χ0) is 19.2. The van der Waals surface area contributed by atoms with Crippen LogP contribution in [0.5, 0.6) is 5.75 Å². The molecule has 0 spiro atoms. The smallest absolute Gasteiger partial charge is 0.251 e. The van der Waals surface area contributed by atoms with Gasteiger partial charge in [0.15, 0.2) is 0 Å². The number of anilines is 1. The Balaban J connectivity index is 1.81. The number of piperidine rings is 1. The molecule has 0 saturated carbocycles. The highest BCUT2D eigenvalue weighted by atomic mass is 16.5. The van der Waals surface area contributed by atoms with Crippen molar-refractivity contribution in [3.8, 4) is 5.75 Å². The van der Waals surface area contributed by atoms with Gasteiger partial charge in [-0.25, -0.2) is 0 Å². The lowest BCUT2D eigenvalue weighted by atomic mass is 10.00. The number of benzene rings is 2. The molecule has 1 heterocycles. The molecule has 1 fully saturated rings. The molecule has 144 valence electrons. The minimum absolute atomic E-state index is 0.0864. The molecule has 1 saturated heterocycles. The van der Waals surface area contributed by atoms with Crippen molar-refractivity contribution in [2.75, 3.05) is 32.5 Å². The topological polar surface area (TPSA) is 67.6 Å². The number of hydrogen-bond acceptors (Lipinski definition) is 4. The molecular weight excluding hydrogens is 338 g/mol. The summed E-state index contributed by atoms with van der Waals surface area (Å²) in [5.74, 6) is 0.777. The molecule has 2 aromatic carbocycles. The molecule has 1 aliphatic heterocycles. The highest BCUT2D eigenvalue weighted by Crippen LogP contribution is 2.31. The van der Waals surface area contributed by atoms with E-state index in [2.05, 4.69) is 16.3 Å². The summed E-state index contributed by atoms with van der Waals surface area (Å²) in [6.45, 7) is 4.54. The van der Waals surface area contributed by atoms with Crippen molar-refractivity contribution < 1.29 is 9.53 Å². The molecule has 1 aliphatic rings. The van der Waals surface area contributed by atoms with Crippen molar-refractivity contribution in [2.24, 2.45) is 0 Å². The number of nitrogens with one attached hydrogen (secondary N) is 1. The lowest BCUT2D eigenvalue weighted by Crippen LogP contribution is -2.41. The van der Waals surface area contributed by atoms with Crippen LogP contribution in [-0.2, 0) is 0 Å². The zero-order valence-corrected chi connectivity index (χ0v) is 16.2. The summed E-state index contributed by atoms with van der Waals surface area (Å²) in [6, 6.07) is 13.6. The maximum Gasteiger partial charge on any atom is 0.251 e. The van der Waals surface area contributed by atoms with Gasteiger partial charge in [-0.1, -0.05) is 30.7 Å². The summed E-state index contributed by atoms with van der Waals surface area (Å²) in [7, 11) is 1.70. The van der Waals surface area contributed by atoms with Crippen molar-refractivity contribution >= 4 is 11.6 Å². The van der Waals surface area contributed by atoms with Crippen molar-refractivity contribution in [3.05, 3.63) is 59.2 Å². The van der Waals surface area contributed by atoms with Crippen LogP contribution in [0.2, 0.25) is 0 Å². The number of likely N-dealkylation sites (tertiary alicyclic amines) is 1. The predicted molar refractivity (Wildman–Crippen MR) is 109 cm³/mol. The Morgan fingerprint density at radius 3 is 2.67 bits per heavy atom. The first-order valence-electron chi connectivity index (χ1n) is 9.61. The summed E-state index contributed by atoms with van der Waals surface area (Å²) >= 11 is 0. The summed E-state index contributed by atoms with van der Waals surface area (Å²) in [5.41, 5.74) is 9.14. The molecule has 0 aromatic heterocycles. The Morgan fingerprint density at radius 2 is 1.93 bits per heavy atom. The Kier molecular flexibility index (Phi) is 6.35. The van der Waals surface area contributed by atoms with E-state index in [0.29, 0.717) is 17.8 Å². The van der Waals surface area contributed by atoms with Crippen LogP contribution in [0.4, 0.5) is 5.69 Å². The Bertz CT molecular complexity index is 785. The van der Waals surface area contributed by atoms with Gasteiger partial charge in [0.1, 0.15) is 5.75 Å². The van der Waals surface area contributed by atoms with Gasteiger partial charge in [0.2, 0.25) is 0 Å². The van der Waals surface area contributed by atoms with Crippen molar-refractivity contribution in [2.45, 2.75) is 32.2 Å². The second-order valence-electron chi connectivity index (χ2n) is 7.14. The number of nitrogen functional groups attached to an aromatic ring is 1. The van der Waals surface area contributed by atoms with Crippen LogP contribution in [0.15, 0.2) is 42.5 Å². The maximum atomic E-state index is 12.8. The maximum absolute atomic E-state index is 12.8. The zero-order valence-electron chi connectivity index (χ0n) is 16.2. The fraction of sp³-hybridized carbons (Fsp3) is 0.409. The van der Waals surface area contributed by atoms with Crippen LogP contribution < -0.4 is 15.8 Å². The second kappa shape index (κ2) is 8.91. The van der Waals surface area contributed by atoms with Crippen molar-refractivity contribution in [3.63, 3.8) is 0 Å². The normalized spacial score (nSPS) is 15.9. The standard InChI is InChI=1S/C22H29N3O2/c1-16-10-11-17(23)14-19(16)22(26)24-15-20(25-12-6-3-7-13-25)18-8-4-5-9-21(18)27-2/h4-5,8-11,14,20H,3,6-7,12-13,15,23H2,1-2H3,(H,24,26). The lowest BCUT2D eigenvalue weighted by molar-refractivity contribution is 0.0922. The van der Waals surface area contributed by atoms with E-state index in [1.807, 2.05) is 37.3 Å². The molecule has 0 bridgehead atoms. The first-order chi connectivity index (χ1) is 13.1. The van der Waals surface area contributed by atoms with Gasteiger partial charge in [0.05, 0.1) is 13.2 Å². The van der Waals surface area contributed by atoms with E-state index in [4.69, 9.17) is 10.5 Å². The Hall–Kier alpha value is -2.53. The van der Waals surface area contributed by atoms with Crippen molar-refractivity contribution in [1.29, 1.82) is 0 Å². The average Bonchev–Trinajstić information content (AvgIpc) is 2.71. The molecular formula is C22H29N3O2. The van der Waals surface area contributed by atoms with Gasteiger partial charge in [0, 0.05) is 23.4 Å². The van der Waals surface area contributed by atoms with Gasteiger partial charge < -0.3 is 15.8 Å². The number of amides is 1. The van der Waals surface area contributed by atoms with E-state index >= 15 is 0 Å². The molecule has 5 heteroatoms. The van der Waals surface area contributed by atoms with Gasteiger partial charge >= 0.3 is 0 Å². The predicted octanol–water partition coefficient (Wildman–Crippen LogP) is 3.54. The van der Waals surface area contributed by atoms with Crippen molar-refractivity contribution in [1.82, 2.24) is 10.2 Å². The molecule has 1 atom stereocenters. The molecule has 3 rings (SSSR count). The number of nitrogens with two attached hydrogens (primary N) is 1. The summed E-state index contributed by atoms with van der Waals surface area (Å²) in [5, 5.41) is 3.12. The minimum atomic E-state index is -0.0864. The van der Waals surface area contributed by atoms with E-state index in [1.54, 1.807) is 13.2 Å². The molecule has 27 heavy (non-hydrogen) atoms. The largest absolute Gasteiger partial charge is 0.496 e. The summed E-state index contributed by atoms with van der Waals surface area (Å²) in [6.07, 6.45) is 3.64. The van der Waals surface area contributed by atoms with Gasteiger partial charge in [-0.05, 0) is 56.6 Å². The summed E-state index contributed by atoms with van der Waals surface area (Å²) in [4.78, 5) is 15.2. The highest BCUT2D eigenvalue weighted by Gasteiger charge is 2.25. The number of para-hydroxylation sites is 1. The van der Waals surface area contributed by atoms with E-state index in [-0.39, 0.29) is 11.9 Å². The number of methoxy groups -OCH3 is 1. The van der Waals surface area contributed by atoms with Crippen LogP contribution in [0.3, 0.4) is 0 Å². The molecule has 0 radical (unpaired) electrons. The first kappa shape index (κ1) is 19.2. The fourth-order valence-electron chi connectivity index (χ4n) is 3.78. The van der Waals surface area contributed by atoms with Crippen LogP contribution >= 0.6 is 0 Å². The number of nitrogens with zero attached hydrogens (tertiary/aromatic N) is 1. The van der Waals surface area contributed by atoms with E-state index in [0.717, 1.165) is 30.0 Å². The van der Waals surface area contributed by atoms with Crippen LogP contribution in [0.1, 0.15) is 46.8 Å².